The van der Waals surface area contributed by atoms with Crippen LogP contribution in [0.3, 0.4) is 0 Å². The SMILES string of the molecule is CC(C)(C)Cn1nnnc1C(F)F. The van der Waals surface area contributed by atoms with E-state index in [0.717, 1.165) is 4.68 Å². The standard InChI is InChI=1S/C7H12F2N4/c1-7(2,3)4-13-6(5(8)9)10-11-12-13/h5H,4H2,1-3H3. The number of hydrogen-bond acceptors (Lipinski definition) is 3. The Hall–Kier alpha value is -1.07. The molecule has 0 radical (unpaired) electrons. The quantitative estimate of drug-likeness (QED) is 0.712. The molecule has 1 aromatic rings. The van der Waals surface area contributed by atoms with Crippen LogP contribution in [0, 0.1) is 5.41 Å². The summed E-state index contributed by atoms with van der Waals surface area (Å²) in [7, 11) is 0. The first kappa shape index (κ1) is 10.0. The Kier molecular flexibility index (Phi) is 2.58. The maximum atomic E-state index is 12.3. The molecule has 0 N–H and O–H groups in total. The van der Waals surface area contributed by atoms with Gasteiger partial charge in [0.1, 0.15) is 0 Å². The number of tetrazole rings is 1. The number of hydrogen-bond donors (Lipinski definition) is 0. The lowest BCUT2D eigenvalue weighted by atomic mass is 9.97. The second kappa shape index (κ2) is 3.35. The molecule has 0 aliphatic rings. The predicted molar refractivity (Wildman–Crippen MR) is 42.2 cm³/mol. The molecule has 0 unspecified atom stereocenters. The first-order chi connectivity index (χ1) is 5.90. The van der Waals surface area contributed by atoms with E-state index in [0.29, 0.717) is 6.54 Å². The highest BCUT2D eigenvalue weighted by Gasteiger charge is 2.20. The molecule has 0 fully saturated rings. The third-order valence-corrected chi connectivity index (χ3v) is 1.38. The highest BCUT2D eigenvalue weighted by Crippen LogP contribution is 2.20. The van der Waals surface area contributed by atoms with Crippen molar-refractivity contribution in [3.05, 3.63) is 5.82 Å². The average Bonchev–Trinajstić information content (AvgIpc) is 2.31. The zero-order valence-electron chi connectivity index (χ0n) is 7.83. The summed E-state index contributed by atoms with van der Waals surface area (Å²) in [5, 5.41) is 9.96. The number of aromatic nitrogens is 4. The zero-order chi connectivity index (χ0) is 10.1. The Morgan fingerprint density at radius 3 is 2.46 bits per heavy atom. The maximum Gasteiger partial charge on any atom is 0.298 e. The van der Waals surface area contributed by atoms with E-state index in [9.17, 15) is 8.78 Å². The van der Waals surface area contributed by atoms with Gasteiger partial charge in [-0.3, -0.25) is 0 Å². The van der Waals surface area contributed by atoms with Gasteiger partial charge in [0.15, 0.2) is 0 Å². The zero-order valence-corrected chi connectivity index (χ0v) is 7.83. The van der Waals surface area contributed by atoms with Gasteiger partial charge in [-0.1, -0.05) is 20.8 Å². The Morgan fingerprint density at radius 2 is 2.00 bits per heavy atom. The number of halogens is 2. The highest BCUT2D eigenvalue weighted by molar-refractivity contribution is 4.83. The summed E-state index contributed by atoms with van der Waals surface area (Å²) in [6.07, 6.45) is -2.61. The van der Waals surface area contributed by atoms with Crippen molar-refractivity contribution in [2.75, 3.05) is 0 Å². The Morgan fingerprint density at radius 1 is 1.38 bits per heavy atom. The molecule has 6 heteroatoms. The van der Waals surface area contributed by atoms with Crippen LogP contribution in [0.15, 0.2) is 0 Å². The molecule has 0 saturated carbocycles. The van der Waals surface area contributed by atoms with Crippen LogP contribution in [-0.2, 0) is 6.54 Å². The van der Waals surface area contributed by atoms with Gasteiger partial charge in [0.25, 0.3) is 6.43 Å². The molecule has 0 amide bonds. The molecule has 0 bridgehead atoms. The summed E-state index contributed by atoms with van der Waals surface area (Å²) < 4.78 is 25.7. The smallest absolute Gasteiger partial charge is 0.224 e. The molecule has 0 atom stereocenters. The second-order valence-corrected chi connectivity index (χ2v) is 4.06. The summed E-state index contributed by atoms with van der Waals surface area (Å²) in [4.78, 5) is 0. The van der Waals surface area contributed by atoms with E-state index in [1.165, 1.54) is 0 Å². The van der Waals surface area contributed by atoms with Gasteiger partial charge < -0.3 is 0 Å². The molecule has 0 saturated heterocycles. The fraction of sp³-hybridized carbons (Fsp3) is 0.857. The van der Waals surface area contributed by atoms with Crippen molar-refractivity contribution in [1.29, 1.82) is 0 Å². The van der Waals surface area contributed by atoms with Crippen LogP contribution < -0.4 is 0 Å². The lowest BCUT2D eigenvalue weighted by molar-refractivity contribution is 0.129. The number of nitrogens with zero attached hydrogens (tertiary/aromatic N) is 4. The summed E-state index contributed by atoms with van der Waals surface area (Å²) in [6, 6.07) is 0. The highest BCUT2D eigenvalue weighted by atomic mass is 19.3. The van der Waals surface area contributed by atoms with Crippen molar-refractivity contribution in [2.45, 2.75) is 33.7 Å². The molecule has 0 aliphatic heterocycles. The van der Waals surface area contributed by atoms with Crippen molar-refractivity contribution in [1.82, 2.24) is 20.2 Å². The van der Waals surface area contributed by atoms with Crippen LogP contribution in [0.5, 0.6) is 0 Å². The van der Waals surface area contributed by atoms with E-state index in [2.05, 4.69) is 15.5 Å². The minimum atomic E-state index is -2.61. The molecule has 0 spiro atoms. The fourth-order valence-electron chi connectivity index (χ4n) is 0.930. The van der Waals surface area contributed by atoms with Crippen LogP contribution in [0.4, 0.5) is 8.78 Å². The fourth-order valence-corrected chi connectivity index (χ4v) is 0.930. The van der Waals surface area contributed by atoms with E-state index in [4.69, 9.17) is 0 Å². The summed E-state index contributed by atoms with van der Waals surface area (Å²) in [6.45, 7) is 6.19. The lowest BCUT2D eigenvalue weighted by Gasteiger charge is -2.17. The summed E-state index contributed by atoms with van der Waals surface area (Å²) in [5.41, 5.74) is -0.112. The molecule has 1 rings (SSSR count). The van der Waals surface area contributed by atoms with Crippen LogP contribution in [-0.4, -0.2) is 20.2 Å². The lowest BCUT2D eigenvalue weighted by Crippen LogP contribution is -2.18. The molecule has 0 aliphatic carbocycles. The van der Waals surface area contributed by atoms with E-state index >= 15 is 0 Å². The van der Waals surface area contributed by atoms with Gasteiger partial charge in [-0.2, -0.15) is 0 Å². The van der Waals surface area contributed by atoms with Gasteiger partial charge in [-0.15, -0.1) is 5.10 Å². The average molecular weight is 190 g/mol. The Labute approximate surface area is 74.9 Å². The van der Waals surface area contributed by atoms with Crippen LogP contribution in [0.25, 0.3) is 0 Å². The van der Waals surface area contributed by atoms with Crippen LogP contribution in [0.2, 0.25) is 0 Å². The molecule has 13 heavy (non-hydrogen) atoms. The van der Waals surface area contributed by atoms with Gasteiger partial charge in [0, 0.05) is 6.54 Å². The van der Waals surface area contributed by atoms with Crippen LogP contribution in [0.1, 0.15) is 33.0 Å². The molecular weight excluding hydrogens is 178 g/mol. The van der Waals surface area contributed by atoms with E-state index in [1.807, 2.05) is 20.8 Å². The molecular formula is C7H12F2N4. The predicted octanol–water partition coefficient (Wildman–Crippen LogP) is 1.66. The third-order valence-electron chi connectivity index (χ3n) is 1.38. The first-order valence-corrected chi connectivity index (χ1v) is 3.94. The van der Waals surface area contributed by atoms with Crippen molar-refractivity contribution in [3.8, 4) is 0 Å². The van der Waals surface area contributed by atoms with E-state index in [1.54, 1.807) is 0 Å². The van der Waals surface area contributed by atoms with E-state index < -0.39 is 6.43 Å². The topological polar surface area (TPSA) is 43.6 Å². The molecule has 0 aromatic carbocycles. The Balaban J connectivity index is 2.83. The summed E-state index contributed by atoms with van der Waals surface area (Å²) >= 11 is 0. The van der Waals surface area contributed by atoms with Gasteiger partial charge in [0.2, 0.25) is 5.82 Å². The monoisotopic (exact) mass is 190 g/mol. The minimum Gasteiger partial charge on any atom is -0.224 e. The van der Waals surface area contributed by atoms with Crippen molar-refractivity contribution in [3.63, 3.8) is 0 Å². The molecule has 74 valence electrons. The van der Waals surface area contributed by atoms with Gasteiger partial charge >= 0.3 is 0 Å². The second-order valence-electron chi connectivity index (χ2n) is 4.06. The van der Waals surface area contributed by atoms with Gasteiger partial charge in [-0.05, 0) is 15.8 Å². The normalized spacial score (nSPS) is 12.5. The molecule has 1 aromatic heterocycles. The Bertz CT molecular complexity index is 276. The summed E-state index contributed by atoms with van der Waals surface area (Å²) in [5.74, 6) is -0.366. The van der Waals surface area contributed by atoms with Crippen molar-refractivity contribution < 1.29 is 8.78 Å². The third kappa shape index (κ3) is 2.71. The van der Waals surface area contributed by atoms with E-state index in [-0.39, 0.29) is 11.2 Å². The maximum absolute atomic E-state index is 12.3. The number of rotatable bonds is 2. The first-order valence-electron chi connectivity index (χ1n) is 3.94. The van der Waals surface area contributed by atoms with Crippen LogP contribution >= 0.6 is 0 Å². The van der Waals surface area contributed by atoms with Gasteiger partial charge in [0.05, 0.1) is 0 Å². The van der Waals surface area contributed by atoms with Gasteiger partial charge in [-0.25, -0.2) is 13.5 Å². The minimum absolute atomic E-state index is 0.112. The largest absolute Gasteiger partial charge is 0.298 e. The molecule has 4 nitrogen and oxygen atoms in total. The van der Waals surface area contributed by atoms with Crippen molar-refractivity contribution >= 4 is 0 Å². The van der Waals surface area contributed by atoms with Crippen molar-refractivity contribution in [2.24, 2.45) is 5.41 Å². The molecule has 1 heterocycles. The number of alkyl halides is 2.